The molecule has 1 saturated carbocycles. The first-order valence-corrected chi connectivity index (χ1v) is 6.14. The van der Waals surface area contributed by atoms with Gasteiger partial charge in [-0.3, -0.25) is 10.1 Å². The lowest BCUT2D eigenvalue weighted by Gasteiger charge is -2.22. The highest BCUT2D eigenvalue weighted by atomic mass is 16.2. The monoisotopic (exact) mass is 210 g/mol. The molecule has 1 aliphatic carbocycles. The van der Waals surface area contributed by atoms with Crippen LogP contribution in [0.4, 0.5) is 0 Å². The molecule has 3 heteroatoms. The van der Waals surface area contributed by atoms with Gasteiger partial charge in [-0.2, -0.15) is 0 Å². The summed E-state index contributed by atoms with van der Waals surface area (Å²) in [7, 11) is 0. The number of nitrogens with zero attached hydrogens (tertiary/aromatic N) is 1. The molecule has 0 aromatic carbocycles. The summed E-state index contributed by atoms with van der Waals surface area (Å²) in [6, 6.07) is 0.512. The van der Waals surface area contributed by atoms with Crippen LogP contribution in [0.5, 0.6) is 0 Å². The van der Waals surface area contributed by atoms with E-state index in [9.17, 15) is 4.79 Å². The lowest BCUT2D eigenvalue weighted by atomic mass is 9.99. The Morgan fingerprint density at radius 1 is 1.53 bits per heavy atom. The minimum atomic E-state index is -0.319. The van der Waals surface area contributed by atoms with Crippen molar-refractivity contribution in [2.24, 2.45) is 5.92 Å². The first kappa shape index (κ1) is 10.9. The van der Waals surface area contributed by atoms with E-state index in [1.807, 2.05) is 6.92 Å². The van der Waals surface area contributed by atoms with Gasteiger partial charge in [-0.1, -0.05) is 20.3 Å². The molecule has 0 radical (unpaired) electrons. The molecule has 2 aliphatic rings. The fourth-order valence-corrected chi connectivity index (χ4v) is 2.76. The van der Waals surface area contributed by atoms with E-state index in [0.29, 0.717) is 11.9 Å². The van der Waals surface area contributed by atoms with Crippen LogP contribution in [0.25, 0.3) is 0 Å². The molecule has 15 heavy (non-hydrogen) atoms. The average molecular weight is 210 g/mol. The Kier molecular flexibility index (Phi) is 2.53. The summed E-state index contributed by atoms with van der Waals surface area (Å²) in [4.78, 5) is 14.4. The minimum Gasteiger partial charge on any atom is -0.323 e. The highest BCUT2D eigenvalue weighted by Gasteiger charge is 2.53. The van der Waals surface area contributed by atoms with Gasteiger partial charge in [-0.25, -0.2) is 0 Å². The van der Waals surface area contributed by atoms with Crippen molar-refractivity contribution >= 4 is 5.91 Å². The zero-order valence-electron chi connectivity index (χ0n) is 10.2. The summed E-state index contributed by atoms with van der Waals surface area (Å²) in [6.07, 6.45) is 3.48. The SMILES string of the molecule is CCC1CC1N1C(=O)C(C)(CC)NC1C. The van der Waals surface area contributed by atoms with Crippen molar-refractivity contribution in [1.29, 1.82) is 0 Å². The van der Waals surface area contributed by atoms with Crippen molar-refractivity contribution in [2.45, 2.75) is 64.7 Å². The molecular formula is C12H22N2O. The van der Waals surface area contributed by atoms with E-state index in [2.05, 4.69) is 31.0 Å². The van der Waals surface area contributed by atoms with Crippen molar-refractivity contribution in [3.05, 3.63) is 0 Å². The summed E-state index contributed by atoms with van der Waals surface area (Å²) < 4.78 is 0. The molecule has 3 nitrogen and oxygen atoms in total. The van der Waals surface area contributed by atoms with Crippen molar-refractivity contribution < 1.29 is 4.79 Å². The first-order valence-electron chi connectivity index (χ1n) is 6.14. The van der Waals surface area contributed by atoms with Crippen molar-refractivity contribution in [2.75, 3.05) is 0 Å². The van der Waals surface area contributed by atoms with Gasteiger partial charge in [0.1, 0.15) is 0 Å². The van der Waals surface area contributed by atoms with Crippen LogP contribution in [0.15, 0.2) is 0 Å². The zero-order valence-corrected chi connectivity index (χ0v) is 10.2. The molecule has 1 N–H and O–H groups in total. The standard InChI is InChI=1S/C12H22N2O/c1-5-9-7-10(9)14-8(3)13-12(4,6-2)11(14)15/h8-10,13H,5-7H2,1-4H3. The normalized spacial score (nSPS) is 44.9. The Labute approximate surface area is 92.2 Å². The molecule has 4 unspecified atom stereocenters. The Morgan fingerprint density at radius 3 is 2.60 bits per heavy atom. The third-order valence-electron chi connectivity index (χ3n) is 4.13. The van der Waals surface area contributed by atoms with Gasteiger partial charge in [0.05, 0.1) is 11.7 Å². The quantitative estimate of drug-likeness (QED) is 0.769. The second kappa shape index (κ2) is 3.48. The number of hydrogen-bond acceptors (Lipinski definition) is 2. The molecule has 2 rings (SSSR count). The van der Waals surface area contributed by atoms with E-state index in [-0.39, 0.29) is 11.7 Å². The van der Waals surface area contributed by atoms with Crippen molar-refractivity contribution in [3.8, 4) is 0 Å². The molecule has 86 valence electrons. The lowest BCUT2D eigenvalue weighted by molar-refractivity contribution is -0.133. The molecule has 4 atom stereocenters. The molecule has 0 aromatic heterocycles. The maximum Gasteiger partial charge on any atom is 0.244 e. The maximum atomic E-state index is 12.3. The number of hydrogen-bond donors (Lipinski definition) is 1. The predicted octanol–water partition coefficient (Wildman–Crippen LogP) is 1.73. The van der Waals surface area contributed by atoms with Crippen LogP contribution in [-0.4, -0.2) is 28.6 Å². The molecule has 1 aliphatic heterocycles. The molecule has 1 heterocycles. The van der Waals surface area contributed by atoms with E-state index >= 15 is 0 Å². The summed E-state index contributed by atoms with van der Waals surface area (Å²) >= 11 is 0. The zero-order chi connectivity index (χ0) is 11.2. The van der Waals surface area contributed by atoms with Crippen LogP contribution in [0.3, 0.4) is 0 Å². The third-order valence-corrected chi connectivity index (χ3v) is 4.13. The second-order valence-corrected chi connectivity index (χ2v) is 5.19. The lowest BCUT2D eigenvalue weighted by Crippen LogP contribution is -2.43. The van der Waals surface area contributed by atoms with Gasteiger partial charge in [-0.05, 0) is 32.6 Å². The third kappa shape index (κ3) is 1.57. The fraction of sp³-hybridized carbons (Fsp3) is 0.917. The Hall–Kier alpha value is -0.570. The van der Waals surface area contributed by atoms with Crippen LogP contribution in [0.1, 0.15) is 47.0 Å². The predicted molar refractivity (Wildman–Crippen MR) is 60.3 cm³/mol. The second-order valence-electron chi connectivity index (χ2n) is 5.19. The molecule has 1 saturated heterocycles. The van der Waals surface area contributed by atoms with Crippen LogP contribution < -0.4 is 5.32 Å². The molecule has 1 amide bonds. The Bertz CT molecular complexity index is 277. The van der Waals surface area contributed by atoms with Gasteiger partial charge in [-0.15, -0.1) is 0 Å². The molecule has 0 spiro atoms. The van der Waals surface area contributed by atoms with Gasteiger partial charge in [0, 0.05) is 6.04 Å². The number of rotatable bonds is 3. The van der Waals surface area contributed by atoms with Crippen LogP contribution in [-0.2, 0) is 4.79 Å². The summed E-state index contributed by atoms with van der Waals surface area (Å²) in [5.74, 6) is 1.05. The summed E-state index contributed by atoms with van der Waals surface area (Å²) in [5.41, 5.74) is -0.319. The largest absolute Gasteiger partial charge is 0.323 e. The topological polar surface area (TPSA) is 32.3 Å². The van der Waals surface area contributed by atoms with E-state index in [0.717, 1.165) is 12.3 Å². The molecule has 2 fully saturated rings. The minimum absolute atomic E-state index is 0.212. The van der Waals surface area contributed by atoms with Crippen molar-refractivity contribution in [3.63, 3.8) is 0 Å². The summed E-state index contributed by atoms with van der Waals surface area (Å²) in [5, 5.41) is 3.42. The van der Waals surface area contributed by atoms with E-state index < -0.39 is 0 Å². The Morgan fingerprint density at radius 2 is 2.20 bits per heavy atom. The Balaban J connectivity index is 2.11. The van der Waals surface area contributed by atoms with Gasteiger partial charge in [0.2, 0.25) is 5.91 Å². The van der Waals surface area contributed by atoms with Gasteiger partial charge >= 0.3 is 0 Å². The molecule has 0 aromatic rings. The highest BCUT2D eigenvalue weighted by Crippen LogP contribution is 2.42. The number of amides is 1. The smallest absolute Gasteiger partial charge is 0.244 e. The van der Waals surface area contributed by atoms with E-state index in [4.69, 9.17) is 0 Å². The maximum absolute atomic E-state index is 12.3. The first-order chi connectivity index (χ1) is 7.03. The van der Waals surface area contributed by atoms with E-state index in [1.165, 1.54) is 12.8 Å². The van der Waals surface area contributed by atoms with Gasteiger partial charge < -0.3 is 4.90 Å². The van der Waals surface area contributed by atoms with Gasteiger partial charge in [0.25, 0.3) is 0 Å². The van der Waals surface area contributed by atoms with E-state index in [1.54, 1.807) is 0 Å². The number of nitrogens with one attached hydrogen (secondary N) is 1. The number of carbonyl (C=O) groups excluding carboxylic acids is 1. The fourth-order valence-electron chi connectivity index (χ4n) is 2.76. The molecular weight excluding hydrogens is 188 g/mol. The van der Waals surface area contributed by atoms with Crippen molar-refractivity contribution in [1.82, 2.24) is 10.2 Å². The average Bonchev–Trinajstić information content (AvgIpc) is 2.92. The van der Waals surface area contributed by atoms with Gasteiger partial charge in [0.15, 0.2) is 0 Å². The van der Waals surface area contributed by atoms with Crippen LogP contribution in [0.2, 0.25) is 0 Å². The van der Waals surface area contributed by atoms with Crippen LogP contribution >= 0.6 is 0 Å². The summed E-state index contributed by atoms with van der Waals surface area (Å²) in [6.45, 7) is 8.41. The highest BCUT2D eigenvalue weighted by molar-refractivity contribution is 5.88. The van der Waals surface area contributed by atoms with Crippen LogP contribution in [0, 0.1) is 5.92 Å². The number of carbonyl (C=O) groups is 1. The molecule has 0 bridgehead atoms.